The van der Waals surface area contributed by atoms with Crippen molar-refractivity contribution in [3.63, 3.8) is 0 Å². The zero-order valence-electron chi connectivity index (χ0n) is 12.4. The summed E-state index contributed by atoms with van der Waals surface area (Å²) < 4.78 is 0. The summed E-state index contributed by atoms with van der Waals surface area (Å²) in [5.74, 6) is 1.05. The molecule has 0 bridgehead atoms. The first-order valence-corrected chi connectivity index (χ1v) is 7.36. The third-order valence-corrected chi connectivity index (χ3v) is 3.61. The minimum Gasteiger partial charge on any atom is -0.316 e. The normalized spacial score (nSPS) is 18.0. The van der Waals surface area contributed by atoms with Gasteiger partial charge < -0.3 is 10.6 Å². The van der Waals surface area contributed by atoms with Gasteiger partial charge in [-0.3, -0.25) is 9.78 Å². The second-order valence-corrected chi connectivity index (χ2v) is 5.31. The molecule has 0 radical (unpaired) electrons. The molecule has 114 valence electrons. The van der Waals surface area contributed by atoms with Gasteiger partial charge in [-0.1, -0.05) is 0 Å². The molecule has 0 aliphatic carbocycles. The summed E-state index contributed by atoms with van der Waals surface area (Å²) in [5.41, 5.74) is 1.28. The first-order chi connectivity index (χ1) is 10.7. The summed E-state index contributed by atoms with van der Waals surface area (Å²) in [7, 11) is 0. The molecule has 2 aromatic rings. The fourth-order valence-corrected chi connectivity index (χ4v) is 2.56. The lowest BCUT2D eigenvalue weighted by atomic mass is 9.95. The second kappa shape index (κ2) is 6.57. The Labute approximate surface area is 128 Å². The Balaban J connectivity index is 1.81. The molecule has 7 heteroatoms. The molecular weight excluding hydrogens is 280 g/mol. The van der Waals surface area contributed by atoms with Crippen molar-refractivity contribution in [3.8, 4) is 0 Å². The van der Waals surface area contributed by atoms with Crippen molar-refractivity contribution < 1.29 is 4.79 Å². The molecule has 2 aromatic heterocycles. The lowest BCUT2D eigenvalue weighted by molar-refractivity contribution is 0.102. The third kappa shape index (κ3) is 3.43. The number of amides is 1. The van der Waals surface area contributed by atoms with E-state index in [0.29, 0.717) is 23.3 Å². The van der Waals surface area contributed by atoms with E-state index in [-0.39, 0.29) is 5.91 Å². The first kappa shape index (κ1) is 14.5. The Kier molecular flexibility index (Phi) is 4.34. The number of aryl methyl sites for hydroxylation is 1. The summed E-state index contributed by atoms with van der Waals surface area (Å²) in [6, 6.07) is 1.77. The number of rotatable bonds is 3. The SMILES string of the molecule is Cc1nc(C(=O)Nc2cnccn2)cc(C2CCCNC2)n1. The molecule has 7 nitrogen and oxygen atoms in total. The van der Waals surface area contributed by atoms with Crippen molar-refractivity contribution >= 4 is 11.7 Å². The topological polar surface area (TPSA) is 92.7 Å². The molecule has 1 fully saturated rings. The number of carbonyl (C=O) groups excluding carboxylic acids is 1. The van der Waals surface area contributed by atoms with Crippen molar-refractivity contribution in [2.24, 2.45) is 0 Å². The summed E-state index contributed by atoms with van der Waals surface area (Å²) >= 11 is 0. The lowest BCUT2D eigenvalue weighted by Crippen LogP contribution is -2.29. The maximum Gasteiger partial charge on any atom is 0.275 e. The third-order valence-electron chi connectivity index (χ3n) is 3.61. The van der Waals surface area contributed by atoms with E-state index in [1.807, 2.05) is 0 Å². The van der Waals surface area contributed by atoms with Gasteiger partial charge in [-0.2, -0.15) is 0 Å². The van der Waals surface area contributed by atoms with Gasteiger partial charge in [0.05, 0.1) is 6.20 Å². The Hall–Kier alpha value is -2.41. The number of aromatic nitrogens is 4. The minimum atomic E-state index is -0.295. The standard InChI is InChI=1S/C15H18N6O/c1-10-19-12(11-3-2-4-16-8-11)7-13(20-10)15(22)21-14-9-17-5-6-18-14/h5-7,9,11,16H,2-4,8H2,1H3,(H,18,21,22). The molecule has 22 heavy (non-hydrogen) atoms. The quantitative estimate of drug-likeness (QED) is 0.887. The Morgan fingerprint density at radius 2 is 2.27 bits per heavy atom. The molecule has 0 spiro atoms. The monoisotopic (exact) mass is 298 g/mol. The maximum absolute atomic E-state index is 12.3. The summed E-state index contributed by atoms with van der Waals surface area (Å²) in [5, 5.41) is 6.06. The van der Waals surface area contributed by atoms with Crippen molar-refractivity contribution in [3.05, 3.63) is 41.9 Å². The summed E-state index contributed by atoms with van der Waals surface area (Å²) in [4.78, 5) is 29.0. The molecule has 3 rings (SSSR count). The van der Waals surface area contributed by atoms with Crippen molar-refractivity contribution in [2.75, 3.05) is 18.4 Å². The van der Waals surface area contributed by atoms with Crippen LogP contribution in [0.25, 0.3) is 0 Å². The van der Waals surface area contributed by atoms with Crippen LogP contribution >= 0.6 is 0 Å². The van der Waals surface area contributed by atoms with Crippen LogP contribution in [0.15, 0.2) is 24.7 Å². The van der Waals surface area contributed by atoms with E-state index < -0.39 is 0 Å². The Morgan fingerprint density at radius 3 is 3.00 bits per heavy atom. The van der Waals surface area contributed by atoms with E-state index >= 15 is 0 Å². The van der Waals surface area contributed by atoms with E-state index in [1.165, 1.54) is 12.4 Å². The Morgan fingerprint density at radius 1 is 1.36 bits per heavy atom. The predicted molar refractivity (Wildman–Crippen MR) is 81.6 cm³/mol. The van der Waals surface area contributed by atoms with E-state index in [9.17, 15) is 4.79 Å². The van der Waals surface area contributed by atoms with E-state index in [2.05, 4.69) is 30.6 Å². The lowest BCUT2D eigenvalue weighted by Gasteiger charge is -2.22. The smallest absolute Gasteiger partial charge is 0.275 e. The molecule has 1 aliphatic heterocycles. The van der Waals surface area contributed by atoms with Crippen LogP contribution < -0.4 is 10.6 Å². The fraction of sp³-hybridized carbons (Fsp3) is 0.400. The van der Waals surface area contributed by atoms with Gasteiger partial charge in [-0.05, 0) is 32.4 Å². The van der Waals surface area contributed by atoms with Crippen LogP contribution in [0.1, 0.15) is 40.8 Å². The number of nitrogens with zero attached hydrogens (tertiary/aromatic N) is 4. The van der Waals surface area contributed by atoms with E-state index in [4.69, 9.17) is 0 Å². The molecule has 1 aliphatic rings. The zero-order chi connectivity index (χ0) is 15.4. The predicted octanol–water partition coefficient (Wildman–Crippen LogP) is 1.29. The molecule has 0 aromatic carbocycles. The number of hydrogen-bond donors (Lipinski definition) is 2. The molecule has 0 saturated carbocycles. The van der Waals surface area contributed by atoms with Gasteiger partial charge in [0, 0.05) is 30.6 Å². The van der Waals surface area contributed by atoms with Crippen molar-refractivity contribution in [1.29, 1.82) is 0 Å². The maximum atomic E-state index is 12.3. The number of carbonyl (C=O) groups is 1. The average molecular weight is 298 g/mol. The highest BCUT2D eigenvalue weighted by molar-refractivity contribution is 6.02. The first-order valence-electron chi connectivity index (χ1n) is 7.36. The molecular formula is C15H18N6O. The highest BCUT2D eigenvalue weighted by atomic mass is 16.1. The second-order valence-electron chi connectivity index (χ2n) is 5.31. The number of nitrogens with one attached hydrogen (secondary N) is 2. The van der Waals surface area contributed by atoms with Crippen LogP contribution in [0.4, 0.5) is 5.82 Å². The van der Waals surface area contributed by atoms with Crippen LogP contribution in [0, 0.1) is 6.92 Å². The van der Waals surface area contributed by atoms with Gasteiger partial charge in [0.25, 0.3) is 5.91 Å². The van der Waals surface area contributed by atoms with Crippen LogP contribution in [0.3, 0.4) is 0 Å². The zero-order valence-corrected chi connectivity index (χ0v) is 12.4. The average Bonchev–Trinajstić information content (AvgIpc) is 2.56. The van der Waals surface area contributed by atoms with Gasteiger partial charge in [-0.15, -0.1) is 0 Å². The Bertz CT molecular complexity index is 654. The molecule has 1 unspecified atom stereocenters. The number of piperidine rings is 1. The summed E-state index contributed by atoms with van der Waals surface area (Å²) in [6.45, 7) is 3.74. The summed E-state index contributed by atoms with van der Waals surface area (Å²) in [6.07, 6.45) is 6.78. The van der Waals surface area contributed by atoms with Crippen LogP contribution in [-0.4, -0.2) is 38.9 Å². The van der Waals surface area contributed by atoms with Gasteiger partial charge in [0.2, 0.25) is 0 Å². The van der Waals surface area contributed by atoms with Crippen molar-refractivity contribution in [2.45, 2.75) is 25.7 Å². The number of anilines is 1. The van der Waals surface area contributed by atoms with Gasteiger partial charge in [-0.25, -0.2) is 15.0 Å². The van der Waals surface area contributed by atoms with E-state index in [1.54, 1.807) is 19.2 Å². The molecule has 1 atom stereocenters. The fourth-order valence-electron chi connectivity index (χ4n) is 2.56. The molecule has 3 heterocycles. The minimum absolute atomic E-state index is 0.295. The molecule has 1 amide bonds. The highest BCUT2D eigenvalue weighted by Gasteiger charge is 2.19. The van der Waals surface area contributed by atoms with Crippen LogP contribution in [0.5, 0.6) is 0 Å². The van der Waals surface area contributed by atoms with Crippen LogP contribution in [-0.2, 0) is 0 Å². The number of hydrogen-bond acceptors (Lipinski definition) is 6. The largest absolute Gasteiger partial charge is 0.316 e. The highest BCUT2D eigenvalue weighted by Crippen LogP contribution is 2.22. The molecule has 2 N–H and O–H groups in total. The van der Waals surface area contributed by atoms with Crippen molar-refractivity contribution in [1.82, 2.24) is 25.3 Å². The van der Waals surface area contributed by atoms with E-state index in [0.717, 1.165) is 31.6 Å². The van der Waals surface area contributed by atoms with Gasteiger partial charge in [0.15, 0.2) is 5.82 Å². The molecule has 1 saturated heterocycles. The van der Waals surface area contributed by atoms with Crippen LogP contribution in [0.2, 0.25) is 0 Å². The van der Waals surface area contributed by atoms with Gasteiger partial charge >= 0.3 is 0 Å². The van der Waals surface area contributed by atoms with Gasteiger partial charge in [0.1, 0.15) is 11.5 Å².